The molecule has 8 unspecified atom stereocenters. The smallest absolute Gasteiger partial charge is 0.394 e. The normalized spacial score (nSPS) is 21.9. The number of unbranched alkanes of at least 4 members (excludes halogenated alkanes) is 25. The minimum absolute atomic E-state index is 0.248. The number of carbonyl (C=O) groups is 1. The van der Waals surface area contributed by atoms with Crippen molar-refractivity contribution in [2.45, 2.75) is 243 Å². The highest BCUT2D eigenvalue weighted by atomic mass is 32.3. The topological polar surface area (TPSA) is 212 Å². The fourth-order valence-electron chi connectivity index (χ4n) is 7.28. The summed E-state index contributed by atoms with van der Waals surface area (Å²) in [6, 6.07) is -1.11. The van der Waals surface area contributed by atoms with Crippen molar-refractivity contribution in [1.29, 1.82) is 0 Å². The number of hydrogen-bond donors (Lipinski definition) is 7. The molecule has 7 N–H and O–H groups in total. The Morgan fingerprint density at radius 2 is 1.14 bits per heavy atom. The summed E-state index contributed by atoms with van der Waals surface area (Å²) in [5.74, 6) is -0.701. The number of aliphatic hydroxyl groups is 5. The molecule has 0 spiro atoms. The van der Waals surface area contributed by atoms with Crippen molar-refractivity contribution >= 4 is 16.3 Å². The quantitative estimate of drug-likeness (QED) is 0.0185. The first-order valence-electron chi connectivity index (χ1n) is 22.7. The lowest BCUT2D eigenvalue weighted by atomic mass is 9.99. The Morgan fingerprint density at radius 1 is 0.702 bits per heavy atom. The maximum Gasteiger partial charge on any atom is 0.397 e. The van der Waals surface area contributed by atoms with E-state index in [4.69, 9.17) is 14.0 Å². The van der Waals surface area contributed by atoms with E-state index in [1.165, 1.54) is 128 Å². The Kier molecular flexibility index (Phi) is 32.6. The van der Waals surface area contributed by atoms with Crippen LogP contribution in [0, 0.1) is 0 Å². The molecule has 0 saturated carbocycles. The number of hydrogen-bond acceptors (Lipinski definition) is 11. The third kappa shape index (κ3) is 27.3. The Labute approximate surface area is 345 Å². The number of ether oxygens (including phenoxy) is 2. The van der Waals surface area contributed by atoms with Crippen LogP contribution in [0.1, 0.15) is 194 Å². The highest BCUT2D eigenvalue weighted by Crippen LogP contribution is 2.26. The summed E-state index contributed by atoms with van der Waals surface area (Å²) >= 11 is 0. The van der Waals surface area contributed by atoms with Crippen LogP contribution in [0.15, 0.2) is 12.2 Å². The van der Waals surface area contributed by atoms with Crippen LogP contribution in [0.2, 0.25) is 0 Å². The molecular formula is C43H83NO12S. The molecule has 0 radical (unpaired) electrons. The van der Waals surface area contributed by atoms with Gasteiger partial charge in [0.25, 0.3) is 0 Å². The van der Waals surface area contributed by atoms with Crippen molar-refractivity contribution in [3.05, 3.63) is 12.2 Å². The summed E-state index contributed by atoms with van der Waals surface area (Å²) in [4.78, 5) is 13.1. The third-order valence-corrected chi connectivity index (χ3v) is 11.4. The molecule has 338 valence electrons. The van der Waals surface area contributed by atoms with Crippen molar-refractivity contribution in [2.75, 3.05) is 13.2 Å². The summed E-state index contributed by atoms with van der Waals surface area (Å²) in [5, 5.41) is 55.1. The van der Waals surface area contributed by atoms with Crippen LogP contribution in [-0.2, 0) is 28.9 Å². The van der Waals surface area contributed by atoms with E-state index >= 15 is 0 Å². The molecule has 1 saturated heterocycles. The van der Waals surface area contributed by atoms with Crippen LogP contribution in [0.4, 0.5) is 0 Å². The molecule has 0 aromatic heterocycles. The third-order valence-electron chi connectivity index (χ3n) is 10.9. The minimum atomic E-state index is -5.11. The van der Waals surface area contributed by atoms with Crippen LogP contribution in [0.3, 0.4) is 0 Å². The molecule has 0 aromatic rings. The molecule has 13 nitrogen and oxygen atoms in total. The van der Waals surface area contributed by atoms with Crippen LogP contribution in [-0.4, -0.2) is 107 Å². The SMILES string of the molecule is CCCCCCCCCCC/C=C/C(O)C(COC1OC(CO)C(O)C(OS(=O)(=O)O)C1O)NC(=O)C(O)CCCCCCCCCCCCCCCCCCC. The molecule has 1 rings (SSSR count). The van der Waals surface area contributed by atoms with Gasteiger partial charge in [0, 0.05) is 0 Å². The van der Waals surface area contributed by atoms with Gasteiger partial charge in [0.2, 0.25) is 5.91 Å². The molecule has 1 aliphatic heterocycles. The Bertz CT molecular complexity index is 1100. The average Bonchev–Trinajstić information content (AvgIpc) is 3.18. The molecule has 0 bridgehead atoms. The Balaban J connectivity index is 2.56. The fourth-order valence-corrected chi connectivity index (χ4v) is 7.79. The van der Waals surface area contributed by atoms with E-state index in [1.54, 1.807) is 0 Å². The monoisotopic (exact) mass is 838 g/mol. The van der Waals surface area contributed by atoms with E-state index in [1.807, 2.05) is 6.08 Å². The predicted molar refractivity (Wildman–Crippen MR) is 224 cm³/mol. The fraction of sp³-hybridized carbons (Fsp3) is 0.930. The molecular weight excluding hydrogens is 755 g/mol. The van der Waals surface area contributed by atoms with Crippen molar-refractivity contribution in [3.8, 4) is 0 Å². The predicted octanol–water partition coefficient (Wildman–Crippen LogP) is 7.36. The molecule has 0 aromatic carbocycles. The van der Waals surface area contributed by atoms with Gasteiger partial charge < -0.3 is 40.3 Å². The van der Waals surface area contributed by atoms with Crippen LogP contribution < -0.4 is 5.32 Å². The van der Waals surface area contributed by atoms with Crippen LogP contribution in [0.25, 0.3) is 0 Å². The lowest BCUT2D eigenvalue weighted by Gasteiger charge is -2.41. The maximum absolute atomic E-state index is 13.1. The summed E-state index contributed by atoms with van der Waals surface area (Å²) in [6.45, 7) is 3.20. The van der Waals surface area contributed by atoms with Gasteiger partial charge in [-0.1, -0.05) is 187 Å². The van der Waals surface area contributed by atoms with Crippen molar-refractivity contribution in [2.24, 2.45) is 0 Å². The minimum Gasteiger partial charge on any atom is -0.394 e. The number of rotatable bonds is 38. The first-order valence-corrected chi connectivity index (χ1v) is 24.0. The van der Waals surface area contributed by atoms with Gasteiger partial charge in [-0.25, -0.2) is 4.18 Å². The standard InChI is InChI=1S/C43H83NO12S/c1-3-5-7-9-11-13-15-16-17-18-19-20-22-24-26-28-30-32-37(47)42(50)44-35(36(46)31-29-27-25-23-21-14-12-10-8-6-4-2)34-54-43-40(49)41(56-57(51,52)53)39(48)38(33-45)55-43/h29,31,35-41,43,45-49H,3-28,30,32-34H2,1-2H3,(H,44,50)(H,51,52,53)/b31-29+. The number of aliphatic hydroxyl groups excluding tert-OH is 5. The second-order valence-corrected chi connectivity index (χ2v) is 17.2. The molecule has 0 aliphatic carbocycles. The molecule has 1 heterocycles. The Morgan fingerprint density at radius 3 is 1.58 bits per heavy atom. The number of carbonyl (C=O) groups excluding carboxylic acids is 1. The van der Waals surface area contributed by atoms with E-state index in [2.05, 4.69) is 23.3 Å². The first kappa shape index (κ1) is 53.8. The number of allylic oxidation sites excluding steroid dienone is 1. The van der Waals surface area contributed by atoms with Gasteiger partial charge >= 0.3 is 10.4 Å². The highest BCUT2D eigenvalue weighted by molar-refractivity contribution is 7.80. The second kappa shape index (κ2) is 34.5. The molecule has 57 heavy (non-hydrogen) atoms. The van der Waals surface area contributed by atoms with Gasteiger partial charge in [-0.05, 0) is 19.3 Å². The molecule has 1 fully saturated rings. The summed E-state index contributed by atoms with van der Waals surface area (Å²) in [6.07, 6.45) is 24.4. The van der Waals surface area contributed by atoms with Gasteiger partial charge in [-0.15, -0.1) is 0 Å². The molecule has 1 aliphatic rings. The lowest BCUT2D eigenvalue weighted by Crippen LogP contribution is -2.61. The van der Waals surface area contributed by atoms with Gasteiger partial charge in [-0.3, -0.25) is 9.35 Å². The molecule has 14 heteroatoms. The van der Waals surface area contributed by atoms with Gasteiger partial charge in [0.15, 0.2) is 6.29 Å². The average molecular weight is 838 g/mol. The zero-order chi connectivity index (χ0) is 42.2. The Hall–Kier alpha value is -1.20. The zero-order valence-corrected chi connectivity index (χ0v) is 36.3. The maximum atomic E-state index is 13.1. The van der Waals surface area contributed by atoms with E-state index in [0.29, 0.717) is 12.8 Å². The molecule has 8 atom stereocenters. The largest absolute Gasteiger partial charge is 0.397 e. The number of amides is 1. The number of nitrogens with one attached hydrogen (secondary N) is 1. The highest BCUT2D eigenvalue weighted by Gasteiger charge is 2.48. The first-order chi connectivity index (χ1) is 27.4. The molecule has 1 amide bonds. The van der Waals surface area contributed by atoms with E-state index in [9.17, 15) is 38.7 Å². The van der Waals surface area contributed by atoms with E-state index in [0.717, 1.165) is 38.5 Å². The van der Waals surface area contributed by atoms with Crippen molar-refractivity contribution in [1.82, 2.24) is 5.32 Å². The van der Waals surface area contributed by atoms with Crippen LogP contribution >= 0.6 is 0 Å². The van der Waals surface area contributed by atoms with E-state index in [-0.39, 0.29) is 6.42 Å². The van der Waals surface area contributed by atoms with Gasteiger partial charge in [0.1, 0.15) is 30.5 Å². The zero-order valence-electron chi connectivity index (χ0n) is 35.5. The van der Waals surface area contributed by atoms with Crippen LogP contribution in [0.5, 0.6) is 0 Å². The second-order valence-electron chi connectivity index (χ2n) is 16.1. The summed E-state index contributed by atoms with van der Waals surface area (Å²) in [7, 11) is -5.11. The van der Waals surface area contributed by atoms with Gasteiger partial charge in [0.05, 0.1) is 25.4 Å². The lowest BCUT2D eigenvalue weighted by molar-refractivity contribution is -0.298. The van der Waals surface area contributed by atoms with E-state index < -0.39 is 78.5 Å². The van der Waals surface area contributed by atoms with Crippen molar-refractivity contribution < 1.29 is 57.0 Å². The summed E-state index contributed by atoms with van der Waals surface area (Å²) < 4.78 is 47.4. The van der Waals surface area contributed by atoms with Crippen molar-refractivity contribution in [3.63, 3.8) is 0 Å². The summed E-state index contributed by atoms with van der Waals surface area (Å²) in [5.41, 5.74) is 0. The van der Waals surface area contributed by atoms with Gasteiger partial charge in [-0.2, -0.15) is 8.42 Å².